The molecule has 3 N–H and O–H groups in total. The van der Waals surface area contributed by atoms with Crippen LogP contribution >= 0.6 is 0 Å². The topological polar surface area (TPSA) is 118 Å². The Hall–Kier alpha value is -3.14. The van der Waals surface area contributed by atoms with E-state index < -0.39 is 4.92 Å². The van der Waals surface area contributed by atoms with Crippen LogP contribution in [0.4, 0.5) is 17.2 Å². The second-order valence-electron chi connectivity index (χ2n) is 4.03. The lowest BCUT2D eigenvalue weighted by Crippen LogP contribution is -2.04. The van der Waals surface area contributed by atoms with Gasteiger partial charge in [-0.3, -0.25) is 10.1 Å². The average Bonchev–Trinajstić information content (AvgIpc) is 2.46. The molecule has 100 valence electrons. The number of benzene rings is 1. The van der Waals surface area contributed by atoms with Crippen molar-refractivity contribution in [2.24, 2.45) is 0 Å². The molecular formula is C13H11N5O2. The minimum absolute atomic E-state index is 0.211. The molecule has 1 aromatic carbocycles. The van der Waals surface area contributed by atoms with Crippen LogP contribution in [0.5, 0.6) is 0 Å². The second-order valence-corrected chi connectivity index (χ2v) is 4.03. The Morgan fingerprint density at radius 1 is 1.30 bits per heavy atom. The van der Waals surface area contributed by atoms with E-state index in [0.29, 0.717) is 18.1 Å². The van der Waals surface area contributed by atoms with Gasteiger partial charge in [-0.2, -0.15) is 5.26 Å². The van der Waals surface area contributed by atoms with E-state index in [1.165, 1.54) is 12.1 Å². The van der Waals surface area contributed by atoms with Crippen molar-refractivity contribution in [2.75, 3.05) is 11.1 Å². The standard InChI is InChI=1S/C13H11N5O2/c14-7-11-12(18(19)20)5-6-13(17-11)16-8-9-1-3-10(15)4-2-9/h1-6H,8,15H2,(H,16,17). The third-order valence-corrected chi connectivity index (χ3v) is 2.63. The van der Waals surface area contributed by atoms with Gasteiger partial charge in [0.15, 0.2) is 0 Å². The van der Waals surface area contributed by atoms with Crippen molar-refractivity contribution in [3.63, 3.8) is 0 Å². The molecule has 0 saturated carbocycles. The molecule has 20 heavy (non-hydrogen) atoms. The molecule has 0 amide bonds. The Balaban J connectivity index is 2.12. The summed E-state index contributed by atoms with van der Waals surface area (Å²) in [6, 6.07) is 11.7. The van der Waals surface area contributed by atoms with Gasteiger partial charge in [0, 0.05) is 18.3 Å². The summed E-state index contributed by atoms with van der Waals surface area (Å²) in [5.74, 6) is 0.406. The summed E-state index contributed by atoms with van der Waals surface area (Å²) in [7, 11) is 0. The number of hydrogen-bond donors (Lipinski definition) is 2. The van der Waals surface area contributed by atoms with Crippen molar-refractivity contribution in [3.05, 3.63) is 57.8 Å². The van der Waals surface area contributed by atoms with Crippen molar-refractivity contribution in [1.82, 2.24) is 4.98 Å². The number of anilines is 2. The van der Waals surface area contributed by atoms with E-state index in [9.17, 15) is 10.1 Å². The molecule has 0 aliphatic rings. The predicted octanol–water partition coefficient (Wildman–Crippen LogP) is 2.06. The number of nitro groups is 1. The number of nitrogens with zero attached hydrogens (tertiary/aromatic N) is 3. The summed E-state index contributed by atoms with van der Waals surface area (Å²) in [5, 5.41) is 22.5. The molecule has 0 saturated heterocycles. The Kier molecular flexibility index (Phi) is 3.77. The smallest absolute Gasteiger partial charge is 0.305 e. The van der Waals surface area contributed by atoms with Crippen LogP contribution in [0, 0.1) is 21.4 Å². The minimum Gasteiger partial charge on any atom is -0.399 e. The Morgan fingerprint density at radius 3 is 2.60 bits per heavy atom. The summed E-state index contributed by atoms with van der Waals surface area (Å²) in [6.07, 6.45) is 0. The molecule has 0 aliphatic heterocycles. The summed E-state index contributed by atoms with van der Waals surface area (Å²) < 4.78 is 0. The highest BCUT2D eigenvalue weighted by atomic mass is 16.6. The summed E-state index contributed by atoms with van der Waals surface area (Å²) in [5.41, 5.74) is 6.73. The van der Waals surface area contributed by atoms with Crippen molar-refractivity contribution in [2.45, 2.75) is 6.54 Å². The lowest BCUT2D eigenvalue weighted by Gasteiger charge is -2.06. The minimum atomic E-state index is -0.630. The molecular weight excluding hydrogens is 258 g/mol. The molecule has 0 atom stereocenters. The first-order valence-electron chi connectivity index (χ1n) is 5.74. The maximum atomic E-state index is 10.7. The van der Waals surface area contributed by atoms with Gasteiger partial charge in [-0.1, -0.05) is 12.1 Å². The SMILES string of the molecule is N#Cc1nc(NCc2ccc(N)cc2)ccc1[N+](=O)[O-]. The van der Waals surface area contributed by atoms with E-state index in [2.05, 4.69) is 10.3 Å². The molecule has 0 bridgehead atoms. The van der Waals surface area contributed by atoms with Crippen molar-refractivity contribution in [1.29, 1.82) is 5.26 Å². The Labute approximate surface area is 114 Å². The van der Waals surface area contributed by atoms with Gasteiger partial charge in [-0.25, -0.2) is 4.98 Å². The molecule has 0 radical (unpaired) electrons. The number of rotatable bonds is 4. The molecule has 1 heterocycles. The van der Waals surface area contributed by atoms with Gasteiger partial charge in [0.05, 0.1) is 4.92 Å². The van der Waals surface area contributed by atoms with Crippen molar-refractivity contribution in [3.8, 4) is 6.07 Å². The largest absolute Gasteiger partial charge is 0.399 e. The van der Waals surface area contributed by atoms with Crippen molar-refractivity contribution >= 4 is 17.2 Å². The molecule has 1 aromatic heterocycles. The Bertz CT molecular complexity index is 676. The zero-order valence-corrected chi connectivity index (χ0v) is 10.4. The van der Waals surface area contributed by atoms with Crippen LogP contribution in [0.25, 0.3) is 0 Å². The molecule has 0 aliphatic carbocycles. The number of nitrogens with one attached hydrogen (secondary N) is 1. The van der Waals surface area contributed by atoms with Crippen LogP contribution < -0.4 is 11.1 Å². The van der Waals surface area contributed by atoms with E-state index in [-0.39, 0.29) is 11.4 Å². The van der Waals surface area contributed by atoms with E-state index >= 15 is 0 Å². The quantitative estimate of drug-likeness (QED) is 0.498. The van der Waals surface area contributed by atoms with Crippen LogP contribution in [0.15, 0.2) is 36.4 Å². The van der Waals surface area contributed by atoms with Crippen LogP contribution in [0.3, 0.4) is 0 Å². The third kappa shape index (κ3) is 3.00. The van der Waals surface area contributed by atoms with Gasteiger partial charge in [0.2, 0.25) is 5.69 Å². The highest BCUT2D eigenvalue weighted by molar-refractivity contribution is 5.50. The van der Waals surface area contributed by atoms with Crippen molar-refractivity contribution < 1.29 is 4.92 Å². The van der Waals surface area contributed by atoms with Gasteiger partial charge >= 0.3 is 5.69 Å². The highest BCUT2D eigenvalue weighted by Gasteiger charge is 2.15. The fourth-order valence-corrected chi connectivity index (χ4v) is 1.61. The zero-order valence-electron chi connectivity index (χ0n) is 10.4. The van der Waals surface area contributed by atoms with Gasteiger partial charge < -0.3 is 11.1 Å². The number of nitriles is 1. The molecule has 0 fully saturated rings. The molecule has 0 spiro atoms. The first-order valence-corrected chi connectivity index (χ1v) is 5.74. The molecule has 2 rings (SSSR count). The summed E-state index contributed by atoms with van der Waals surface area (Å²) in [6.45, 7) is 0.482. The lowest BCUT2D eigenvalue weighted by atomic mass is 10.2. The summed E-state index contributed by atoms with van der Waals surface area (Å²) in [4.78, 5) is 14.0. The Morgan fingerprint density at radius 2 is 2.00 bits per heavy atom. The van der Waals surface area contributed by atoms with E-state index in [0.717, 1.165) is 5.56 Å². The fourth-order valence-electron chi connectivity index (χ4n) is 1.61. The average molecular weight is 269 g/mol. The first-order chi connectivity index (χ1) is 9.60. The van der Waals surface area contributed by atoms with E-state index in [1.54, 1.807) is 18.2 Å². The molecule has 0 unspecified atom stereocenters. The normalized spacial score (nSPS) is 9.75. The van der Waals surface area contributed by atoms with Crippen LogP contribution in [-0.4, -0.2) is 9.91 Å². The zero-order chi connectivity index (χ0) is 14.5. The lowest BCUT2D eigenvalue weighted by molar-refractivity contribution is -0.385. The van der Waals surface area contributed by atoms with E-state index in [1.807, 2.05) is 12.1 Å². The monoisotopic (exact) mass is 269 g/mol. The van der Waals surface area contributed by atoms with Crippen LogP contribution in [0.1, 0.15) is 11.3 Å². The number of aromatic nitrogens is 1. The number of nitrogens with two attached hydrogens (primary N) is 1. The van der Waals surface area contributed by atoms with Gasteiger partial charge in [0.1, 0.15) is 11.9 Å². The highest BCUT2D eigenvalue weighted by Crippen LogP contribution is 2.18. The van der Waals surface area contributed by atoms with Gasteiger partial charge in [0.25, 0.3) is 0 Å². The maximum Gasteiger partial charge on any atom is 0.305 e. The number of pyridine rings is 1. The first kappa shape index (κ1) is 13.3. The third-order valence-electron chi connectivity index (χ3n) is 2.63. The van der Waals surface area contributed by atoms with Crippen LogP contribution in [-0.2, 0) is 6.54 Å². The number of hydrogen-bond acceptors (Lipinski definition) is 6. The maximum absolute atomic E-state index is 10.7. The molecule has 7 heteroatoms. The van der Waals surface area contributed by atoms with Gasteiger partial charge in [-0.15, -0.1) is 0 Å². The fraction of sp³-hybridized carbons (Fsp3) is 0.0769. The van der Waals surface area contributed by atoms with Gasteiger partial charge in [-0.05, 0) is 23.8 Å². The van der Waals surface area contributed by atoms with E-state index in [4.69, 9.17) is 11.0 Å². The molecule has 7 nitrogen and oxygen atoms in total. The van der Waals surface area contributed by atoms with Crippen LogP contribution in [0.2, 0.25) is 0 Å². The molecule has 2 aromatic rings. The number of nitrogen functional groups attached to an aromatic ring is 1. The predicted molar refractivity (Wildman–Crippen MR) is 73.8 cm³/mol. The second kappa shape index (κ2) is 5.67. The summed E-state index contributed by atoms with van der Waals surface area (Å²) >= 11 is 0.